The van der Waals surface area contributed by atoms with Crippen LogP contribution in [0.15, 0.2) is 42.7 Å². The van der Waals surface area contributed by atoms with Gasteiger partial charge in [-0.3, -0.25) is 14.6 Å². The van der Waals surface area contributed by atoms with E-state index in [2.05, 4.69) is 30.9 Å². The molecule has 0 aromatic carbocycles. The Kier molecular flexibility index (Phi) is 4.68. The minimum absolute atomic E-state index is 0.183. The van der Waals surface area contributed by atoms with Crippen LogP contribution in [-0.4, -0.2) is 45.4 Å². The minimum Gasteiger partial charge on any atom is -0.370 e. The van der Waals surface area contributed by atoms with Gasteiger partial charge in [0.2, 0.25) is 0 Å². The second-order valence-electron chi connectivity index (χ2n) is 7.00. The van der Waals surface area contributed by atoms with Crippen molar-refractivity contribution in [3.05, 3.63) is 54.0 Å². The number of hydrogen-bond donors (Lipinski definition) is 4. The maximum Gasteiger partial charge on any atom is 0.267 e. The fourth-order valence-corrected chi connectivity index (χ4v) is 3.05. The smallest absolute Gasteiger partial charge is 0.267 e. The van der Waals surface area contributed by atoms with Gasteiger partial charge in [0, 0.05) is 25.5 Å². The molecule has 3 aromatic rings. The van der Waals surface area contributed by atoms with E-state index < -0.39 is 5.54 Å². The predicted octanol–water partition coefficient (Wildman–Crippen LogP) is 2.08. The lowest BCUT2D eigenvalue weighted by Crippen LogP contribution is -2.45. The van der Waals surface area contributed by atoms with E-state index in [4.69, 9.17) is 0 Å². The van der Waals surface area contributed by atoms with Gasteiger partial charge in [-0.25, -0.2) is 4.98 Å². The van der Waals surface area contributed by atoms with Gasteiger partial charge in [0.15, 0.2) is 0 Å². The number of nitrogens with one attached hydrogen (secondary N) is 4. The number of aromatic amines is 1. The summed E-state index contributed by atoms with van der Waals surface area (Å²) < 4.78 is 0. The van der Waals surface area contributed by atoms with Gasteiger partial charge in [0.25, 0.3) is 11.8 Å². The van der Waals surface area contributed by atoms with E-state index >= 15 is 0 Å². The van der Waals surface area contributed by atoms with Crippen molar-refractivity contribution in [3.63, 3.8) is 0 Å². The maximum atomic E-state index is 12.5. The first kappa shape index (κ1) is 18.0. The van der Waals surface area contributed by atoms with E-state index in [-0.39, 0.29) is 11.8 Å². The number of H-pyrrole nitrogens is 1. The van der Waals surface area contributed by atoms with Crippen LogP contribution >= 0.6 is 0 Å². The molecule has 1 aliphatic rings. The molecule has 0 spiro atoms. The summed E-state index contributed by atoms with van der Waals surface area (Å²) in [5, 5.41) is 9.03. The van der Waals surface area contributed by atoms with Gasteiger partial charge in [-0.15, -0.1) is 0 Å². The molecule has 8 nitrogen and oxygen atoms in total. The highest BCUT2D eigenvalue weighted by Gasteiger charge is 2.44. The van der Waals surface area contributed by atoms with Crippen LogP contribution in [0.5, 0.6) is 0 Å². The first-order valence-corrected chi connectivity index (χ1v) is 9.33. The molecular weight excluding hydrogens is 356 g/mol. The van der Waals surface area contributed by atoms with E-state index in [1.807, 2.05) is 19.1 Å². The Morgan fingerprint density at radius 2 is 2.04 bits per heavy atom. The zero-order chi connectivity index (χ0) is 19.6. The highest BCUT2D eigenvalue weighted by atomic mass is 16.2. The third kappa shape index (κ3) is 3.80. The van der Waals surface area contributed by atoms with Crippen LogP contribution < -0.4 is 16.0 Å². The Balaban J connectivity index is 1.35. The van der Waals surface area contributed by atoms with Gasteiger partial charge < -0.3 is 20.9 Å². The molecule has 1 fully saturated rings. The summed E-state index contributed by atoms with van der Waals surface area (Å²) in [6.07, 6.45) is 4.90. The summed E-state index contributed by atoms with van der Waals surface area (Å²) >= 11 is 0. The summed E-state index contributed by atoms with van der Waals surface area (Å²) in [6, 6.07) is 8.93. The Hall–Kier alpha value is -3.42. The Morgan fingerprint density at radius 1 is 1.18 bits per heavy atom. The van der Waals surface area contributed by atoms with Gasteiger partial charge >= 0.3 is 0 Å². The quantitative estimate of drug-likeness (QED) is 0.503. The Labute approximate surface area is 162 Å². The monoisotopic (exact) mass is 378 g/mol. The number of nitrogens with zero attached hydrogens (tertiary/aromatic N) is 2. The van der Waals surface area contributed by atoms with Crippen LogP contribution in [0.3, 0.4) is 0 Å². The molecule has 4 N–H and O–H groups in total. The van der Waals surface area contributed by atoms with Crippen LogP contribution in [0.1, 0.15) is 40.6 Å². The number of anilines is 1. The largest absolute Gasteiger partial charge is 0.370 e. The minimum atomic E-state index is -0.392. The van der Waals surface area contributed by atoms with Gasteiger partial charge in [0.05, 0.1) is 22.1 Å². The first-order chi connectivity index (χ1) is 13.6. The molecule has 0 atom stereocenters. The van der Waals surface area contributed by atoms with Gasteiger partial charge in [0.1, 0.15) is 11.5 Å². The number of carbonyl (C=O) groups excluding carboxylic acids is 2. The van der Waals surface area contributed by atoms with Gasteiger partial charge in [-0.05, 0) is 50.1 Å². The Bertz CT molecular complexity index is 974. The van der Waals surface area contributed by atoms with Gasteiger partial charge in [-0.1, -0.05) is 0 Å². The number of amides is 2. The molecule has 1 aliphatic carbocycles. The molecule has 0 aliphatic heterocycles. The molecule has 0 unspecified atom stereocenters. The molecule has 0 radical (unpaired) electrons. The zero-order valence-corrected chi connectivity index (χ0v) is 15.6. The molecule has 2 amide bonds. The molecule has 8 heteroatoms. The molecule has 3 heterocycles. The third-order valence-electron chi connectivity index (χ3n) is 4.84. The van der Waals surface area contributed by atoms with E-state index in [0.29, 0.717) is 17.8 Å². The molecule has 144 valence electrons. The van der Waals surface area contributed by atoms with Gasteiger partial charge in [-0.2, -0.15) is 0 Å². The van der Waals surface area contributed by atoms with Crippen molar-refractivity contribution >= 4 is 28.7 Å². The summed E-state index contributed by atoms with van der Waals surface area (Å²) in [6.45, 7) is 3.14. The van der Waals surface area contributed by atoms with Crippen molar-refractivity contribution in [3.8, 4) is 0 Å². The van der Waals surface area contributed by atoms with Crippen molar-refractivity contribution in [2.75, 3.05) is 18.4 Å². The number of carbonyl (C=O) groups is 2. The first-order valence-electron chi connectivity index (χ1n) is 9.33. The molecule has 0 saturated heterocycles. The third-order valence-corrected chi connectivity index (χ3v) is 4.84. The van der Waals surface area contributed by atoms with Crippen molar-refractivity contribution in [1.82, 2.24) is 25.6 Å². The Morgan fingerprint density at radius 3 is 2.71 bits per heavy atom. The standard InChI is InChI=1S/C20H22N6O2/c1-2-21-17-6-5-13(11-23-17)18(27)26-20(7-8-20)12-24-19(28)16-10-15-14(25-16)4-3-9-22-15/h3-6,9-11,25H,2,7-8,12H2,1H3,(H,21,23)(H,24,28)(H,26,27). The van der Waals surface area contributed by atoms with E-state index in [9.17, 15) is 9.59 Å². The van der Waals surface area contributed by atoms with Crippen molar-refractivity contribution < 1.29 is 9.59 Å². The van der Waals surface area contributed by atoms with E-state index in [1.54, 1.807) is 30.6 Å². The highest BCUT2D eigenvalue weighted by molar-refractivity contribution is 5.97. The summed E-state index contributed by atoms with van der Waals surface area (Å²) in [7, 11) is 0. The number of aromatic nitrogens is 3. The van der Waals surface area contributed by atoms with Crippen LogP contribution in [0.25, 0.3) is 11.0 Å². The molecule has 0 bridgehead atoms. The van der Waals surface area contributed by atoms with Crippen LogP contribution in [0, 0.1) is 0 Å². The topological polar surface area (TPSA) is 112 Å². The summed E-state index contributed by atoms with van der Waals surface area (Å²) in [5.74, 6) is 0.340. The molecule has 28 heavy (non-hydrogen) atoms. The lowest BCUT2D eigenvalue weighted by Gasteiger charge is -2.18. The summed E-state index contributed by atoms with van der Waals surface area (Å²) in [4.78, 5) is 36.4. The zero-order valence-electron chi connectivity index (χ0n) is 15.6. The molecular formula is C20H22N6O2. The second kappa shape index (κ2) is 7.30. The predicted molar refractivity (Wildman–Crippen MR) is 106 cm³/mol. The fraction of sp³-hybridized carbons (Fsp3) is 0.300. The number of hydrogen-bond acceptors (Lipinski definition) is 5. The number of rotatable bonds is 7. The molecule has 3 aromatic heterocycles. The summed E-state index contributed by atoms with van der Waals surface area (Å²) in [5.41, 5.74) is 2.13. The highest BCUT2D eigenvalue weighted by Crippen LogP contribution is 2.35. The molecule has 4 rings (SSSR count). The van der Waals surface area contributed by atoms with E-state index in [0.717, 1.165) is 36.2 Å². The molecule has 1 saturated carbocycles. The average Bonchev–Trinajstić information content (AvgIpc) is 3.33. The van der Waals surface area contributed by atoms with Crippen LogP contribution in [0.2, 0.25) is 0 Å². The van der Waals surface area contributed by atoms with Crippen molar-refractivity contribution in [1.29, 1.82) is 0 Å². The number of pyridine rings is 2. The van der Waals surface area contributed by atoms with Crippen molar-refractivity contribution in [2.45, 2.75) is 25.3 Å². The second-order valence-corrected chi connectivity index (χ2v) is 7.00. The number of fused-ring (bicyclic) bond motifs is 1. The van der Waals surface area contributed by atoms with Crippen LogP contribution in [0.4, 0.5) is 5.82 Å². The average molecular weight is 378 g/mol. The SMILES string of the molecule is CCNc1ccc(C(=O)NC2(CNC(=O)c3cc4ncccc4[nH]3)CC2)cn1. The lowest BCUT2D eigenvalue weighted by molar-refractivity contribution is 0.0900. The lowest BCUT2D eigenvalue weighted by atomic mass is 10.2. The maximum absolute atomic E-state index is 12.5. The fourth-order valence-electron chi connectivity index (χ4n) is 3.05. The normalized spacial score (nSPS) is 14.5. The van der Waals surface area contributed by atoms with E-state index in [1.165, 1.54) is 0 Å². The van der Waals surface area contributed by atoms with Crippen molar-refractivity contribution in [2.24, 2.45) is 0 Å². The van der Waals surface area contributed by atoms with Crippen LogP contribution in [-0.2, 0) is 0 Å².